The first-order chi connectivity index (χ1) is 15.8. The number of anilines is 1. The van der Waals surface area contributed by atoms with E-state index < -0.39 is 10.0 Å². The van der Waals surface area contributed by atoms with Gasteiger partial charge in [-0.1, -0.05) is 48.0 Å². The van der Waals surface area contributed by atoms with Crippen LogP contribution in [0.4, 0.5) is 5.69 Å². The first-order valence-electron chi connectivity index (χ1n) is 10.9. The molecular weight excluding hydrogens is 436 g/mol. The zero-order valence-electron chi connectivity index (χ0n) is 19.2. The van der Waals surface area contributed by atoms with E-state index in [2.05, 4.69) is 17.4 Å². The highest BCUT2D eigenvalue weighted by atomic mass is 32.2. The van der Waals surface area contributed by atoms with Gasteiger partial charge in [0.2, 0.25) is 5.91 Å². The molecule has 174 valence electrons. The Labute approximate surface area is 196 Å². The van der Waals surface area contributed by atoms with Crippen LogP contribution in [0.25, 0.3) is 0 Å². The number of carbonyl (C=O) groups excluding carboxylic acids is 1. The number of rotatable bonds is 10. The van der Waals surface area contributed by atoms with Crippen LogP contribution in [0.1, 0.15) is 23.1 Å². The van der Waals surface area contributed by atoms with E-state index in [0.717, 1.165) is 17.1 Å². The Bertz CT molecular complexity index is 1190. The average Bonchev–Trinajstić information content (AvgIpc) is 2.80. The number of amides is 1. The second kappa shape index (κ2) is 11.0. The van der Waals surface area contributed by atoms with Crippen LogP contribution in [0, 0.1) is 13.8 Å². The fraction of sp³-hybridized carbons (Fsp3) is 0.269. The van der Waals surface area contributed by atoms with Crippen LogP contribution in [0.5, 0.6) is 5.75 Å². The maximum absolute atomic E-state index is 13.5. The molecule has 0 aliphatic rings. The summed E-state index contributed by atoms with van der Waals surface area (Å²) in [5, 5.41) is 2.86. The Hall–Kier alpha value is -3.32. The van der Waals surface area contributed by atoms with E-state index in [0.29, 0.717) is 23.5 Å². The van der Waals surface area contributed by atoms with Crippen molar-refractivity contribution in [1.29, 1.82) is 0 Å². The highest BCUT2D eigenvalue weighted by Crippen LogP contribution is 2.27. The van der Waals surface area contributed by atoms with Crippen LogP contribution in [0.3, 0.4) is 0 Å². The van der Waals surface area contributed by atoms with E-state index >= 15 is 0 Å². The second-order valence-corrected chi connectivity index (χ2v) is 9.78. The van der Waals surface area contributed by atoms with Crippen molar-refractivity contribution in [2.75, 3.05) is 24.5 Å². The van der Waals surface area contributed by atoms with Gasteiger partial charge in [0.1, 0.15) is 12.3 Å². The normalized spacial score (nSPS) is 11.1. The molecule has 0 spiro atoms. The number of nitrogens with one attached hydrogen (secondary N) is 1. The van der Waals surface area contributed by atoms with Crippen molar-refractivity contribution in [2.24, 2.45) is 0 Å². The van der Waals surface area contributed by atoms with Crippen LogP contribution >= 0.6 is 0 Å². The SMILES string of the molecule is COc1ccc(S(=O)(=O)N(CC(=O)NCCCc2cccc(C)c2)c2ccccc2)cc1C. The summed E-state index contributed by atoms with van der Waals surface area (Å²) in [6, 6.07) is 21.6. The summed E-state index contributed by atoms with van der Waals surface area (Å²) < 4.78 is 33.3. The third-order valence-electron chi connectivity index (χ3n) is 5.33. The molecule has 0 saturated carbocycles. The van der Waals surface area contributed by atoms with E-state index in [1.165, 1.54) is 24.3 Å². The Balaban J connectivity index is 1.72. The fourth-order valence-corrected chi connectivity index (χ4v) is 5.13. The maximum Gasteiger partial charge on any atom is 0.264 e. The summed E-state index contributed by atoms with van der Waals surface area (Å²) in [5.41, 5.74) is 3.55. The number of methoxy groups -OCH3 is 1. The van der Waals surface area contributed by atoms with Gasteiger partial charge < -0.3 is 10.1 Å². The quantitative estimate of drug-likeness (QED) is 0.453. The van der Waals surface area contributed by atoms with Gasteiger partial charge in [0, 0.05) is 6.54 Å². The first-order valence-corrected chi connectivity index (χ1v) is 12.3. The van der Waals surface area contributed by atoms with Crippen molar-refractivity contribution < 1.29 is 17.9 Å². The molecule has 0 heterocycles. The number of aryl methyl sites for hydroxylation is 3. The van der Waals surface area contributed by atoms with Gasteiger partial charge >= 0.3 is 0 Å². The second-order valence-electron chi connectivity index (χ2n) is 7.92. The van der Waals surface area contributed by atoms with E-state index in [-0.39, 0.29) is 17.3 Å². The van der Waals surface area contributed by atoms with Crippen molar-refractivity contribution in [1.82, 2.24) is 5.32 Å². The van der Waals surface area contributed by atoms with Crippen molar-refractivity contribution in [3.63, 3.8) is 0 Å². The predicted octanol–water partition coefficient (Wildman–Crippen LogP) is 4.26. The maximum atomic E-state index is 13.5. The number of hydrogen-bond acceptors (Lipinski definition) is 4. The molecule has 0 fully saturated rings. The lowest BCUT2D eigenvalue weighted by Gasteiger charge is -2.24. The topological polar surface area (TPSA) is 75.7 Å². The predicted molar refractivity (Wildman–Crippen MR) is 131 cm³/mol. The van der Waals surface area contributed by atoms with Gasteiger partial charge in [-0.2, -0.15) is 0 Å². The van der Waals surface area contributed by atoms with Crippen molar-refractivity contribution in [3.8, 4) is 5.75 Å². The van der Waals surface area contributed by atoms with E-state index in [4.69, 9.17) is 4.74 Å². The molecule has 0 aliphatic carbocycles. The Morgan fingerprint density at radius 3 is 2.39 bits per heavy atom. The summed E-state index contributed by atoms with van der Waals surface area (Å²) in [6.07, 6.45) is 1.61. The molecule has 3 aromatic carbocycles. The van der Waals surface area contributed by atoms with Crippen molar-refractivity contribution in [3.05, 3.63) is 89.5 Å². The van der Waals surface area contributed by atoms with E-state index in [1.807, 2.05) is 19.1 Å². The van der Waals surface area contributed by atoms with Gasteiger partial charge in [-0.3, -0.25) is 9.10 Å². The summed E-state index contributed by atoms with van der Waals surface area (Å²) in [6.45, 7) is 4.00. The minimum Gasteiger partial charge on any atom is -0.496 e. The van der Waals surface area contributed by atoms with Crippen LogP contribution in [0.2, 0.25) is 0 Å². The molecule has 7 heteroatoms. The third kappa shape index (κ3) is 6.35. The Morgan fingerprint density at radius 1 is 0.970 bits per heavy atom. The molecule has 0 unspecified atom stereocenters. The zero-order valence-corrected chi connectivity index (χ0v) is 20.1. The first kappa shape index (κ1) is 24.3. The smallest absolute Gasteiger partial charge is 0.264 e. The summed E-state index contributed by atoms with van der Waals surface area (Å²) in [5.74, 6) is 0.253. The highest BCUT2D eigenvalue weighted by molar-refractivity contribution is 7.92. The van der Waals surface area contributed by atoms with Crippen LogP contribution in [0.15, 0.2) is 77.7 Å². The lowest BCUT2D eigenvalue weighted by atomic mass is 10.1. The number of sulfonamides is 1. The van der Waals surface area contributed by atoms with E-state index in [1.54, 1.807) is 49.4 Å². The molecule has 0 saturated heterocycles. The highest BCUT2D eigenvalue weighted by Gasteiger charge is 2.27. The molecule has 0 aliphatic heterocycles. The molecule has 0 radical (unpaired) electrons. The van der Waals surface area contributed by atoms with Crippen molar-refractivity contribution in [2.45, 2.75) is 31.6 Å². The summed E-state index contributed by atoms with van der Waals surface area (Å²) in [4.78, 5) is 12.8. The number of benzene rings is 3. The van der Waals surface area contributed by atoms with Crippen LogP contribution < -0.4 is 14.4 Å². The van der Waals surface area contributed by atoms with Crippen LogP contribution in [-0.2, 0) is 21.2 Å². The van der Waals surface area contributed by atoms with Gasteiger partial charge in [0.15, 0.2) is 0 Å². The number of hydrogen-bond donors (Lipinski definition) is 1. The molecule has 6 nitrogen and oxygen atoms in total. The molecule has 0 bridgehead atoms. The zero-order chi connectivity index (χ0) is 23.8. The van der Waals surface area contributed by atoms with Crippen LogP contribution in [-0.4, -0.2) is 34.5 Å². The average molecular weight is 467 g/mol. The van der Waals surface area contributed by atoms with Gasteiger partial charge in [0.05, 0.1) is 17.7 Å². The molecule has 1 N–H and O–H groups in total. The standard InChI is InChI=1S/C26H30N2O4S/c1-20-9-7-10-22(17-20)11-8-16-27-26(29)19-28(23-12-5-4-6-13-23)33(30,31)24-14-15-25(32-3)21(2)18-24/h4-7,9-10,12-15,17-18H,8,11,16,19H2,1-3H3,(H,27,29). The lowest BCUT2D eigenvalue weighted by Crippen LogP contribution is -2.41. The monoisotopic (exact) mass is 466 g/mol. The largest absolute Gasteiger partial charge is 0.496 e. The van der Waals surface area contributed by atoms with Gasteiger partial charge in [-0.05, 0) is 68.1 Å². The number of para-hydroxylation sites is 1. The fourth-order valence-electron chi connectivity index (χ4n) is 3.62. The Morgan fingerprint density at radius 2 is 1.73 bits per heavy atom. The number of carbonyl (C=O) groups is 1. The van der Waals surface area contributed by atoms with Gasteiger partial charge in [0.25, 0.3) is 10.0 Å². The van der Waals surface area contributed by atoms with Gasteiger partial charge in [-0.15, -0.1) is 0 Å². The Kier molecular flexibility index (Phi) is 8.11. The molecule has 1 amide bonds. The molecule has 3 aromatic rings. The molecule has 0 atom stereocenters. The molecule has 33 heavy (non-hydrogen) atoms. The third-order valence-corrected chi connectivity index (χ3v) is 7.10. The minimum atomic E-state index is -3.96. The van der Waals surface area contributed by atoms with Gasteiger partial charge in [-0.25, -0.2) is 8.42 Å². The van der Waals surface area contributed by atoms with E-state index in [9.17, 15) is 13.2 Å². The molecular formula is C26H30N2O4S. The number of ether oxygens (including phenoxy) is 1. The molecule has 3 rings (SSSR count). The summed E-state index contributed by atoms with van der Waals surface area (Å²) >= 11 is 0. The summed E-state index contributed by atoms with van der Waals surface area (Å²) in [7, 11) is -2.42. The number of nitrogens with zero attached hydrogens (tertiary/aromatic N) is 1. The van der Waals surface area contributed by atoms with Crippen molar-refractivity contribution >= 4 is 21.6 Å². The lowest BCUT2D eigenvalue weighted by molar-refractivity contribution is -0.119. The minimum absolute atomic E-state index is 0.108. The molecule has 0 aromatic heterocycles.